The van der Waals surface area contributed by atoms with Gasteiger partial charge in [-0.3, -0.25) is 4.79 Å². The van der Waals surface area contributed by atoms with Crippen molar-refractivity contribution in [1.82, 2.24) is 0 Å². The maximum Gasteiger partial charge on any atom is 0.136 e. The number of benzene rings is 1. The van der Waals surface area contributed by atoms with Crippen molar-refractivity contribution < 1.29 is 14.6 Å². The van der Waals surface area contributed by atoms with Gasteiger partial charge in [-0.1, -0.05) is 17.9 Å². The minimum atomic E-state index is -1.03. The molecule has 2 aliphatic carbocycles. The van der Waals surface area contributed by atoms with E-state index in [0.717, 1.165) is 37.0 Å². The Morgan fingerprint density at radius 2 is 2.18 bits per heavy atom. The number of carbonyl (C=O) groups excluding carboxylic acids is 1. The molecular formula is C19H22O3. The minimum absolute atomic E-state index is 0.000563. The molecule has 1 aromatic rings. The summed E-state index contributed by atoms with van der Waals surface area (Å²) in [6.45, 7) is 0. The third kappa shape index (κ3) is 2.89. The first kappa shape index (κ1) is 15.1. The second kappa shape index (κ2) is 6.14. The number of rotatable bonds is 1. The molecule has 1 aromatic carbocycles. The van der Waals surface area contributed by atoms with Crippen LogP contribution in [0.25, 0.3) is 0 Å². The number of ether oxygens (including phenoxy) is 1. The van der Waals surface area contributed by atoms with Crippen molar-refractivity contribution >= 4 is 5.78 Å². The van der Waals surface area contributed by atoms with Gasteiger partial charge in [0.2, 0.25) is 0 Å². The van der Waals surface area contributed by atoms with Gasteiger partial charge in [0.15, 0.2) is 0 Å². The van der Waals surface area contributed by atoms with Crippen LogP contribution in [0.3, 0.4) is 0 Å². The largest absolute Gasteiger partial charge is 0.497 e. The molecular weight excluding hydrogens is 276 g/mol. The first-order chi connectivity index (χ1) is 10.6. The lowest BCUT2D eigenvalue weighted by atomic mass is 9.63. The van der Waals surface area contributed by atoms with Crippen LogP contribution in [0.2, 0.25) is 0 Å². The van der Waals surface area contributed by atoms with Gasteiger partial charge in [-0.15, -0.1) is 0 Å². The molecule has 0 aliphatic heterocycles. The smallest absolute Gasteiger partial charge is 0.136 e. The third-order valence-electron chi connectivity index (χ3n) is 5.02. The van der Waals surface area contributed by atoms with Crippen LogP contribution in [0.1, 0.15) is 44.1 Å². The molecule has 3 rings (SSSR count). The number of Topliss-reactive ketones (excluding diaryl/α,β-unsaturated/α-hetero) is 1. The highest BCUT2D eigenvalue weighted by Gasteiger charge is 2.47. The van der Waals surface area contributed by atoms with Gasteiger partial charge >= 0.3 is 0 Å². The van der Waals surface area contributed by atoms with Crippen LogP contribution in [0.15, 0.2) is 24.3 Å². The van der Waals surface area contributed by atoms with E-state index >= 15 is 0 Å². The first-order valence-electron chi connectivity index (χ1n) is 8.05. The zero-order chi connectivity index (χ0) is 15.6. The molecule has 2 aliphatic rings. The fourth-order valence-corrected chi connectivity index (χ4v) is 3.85. The summed E-state index contributed by atoms with van der Waals surface area (Å²) < 4.78 is 5.20. The molecule has 116 valence electrons. The molecule has 3 nitrogen and oxygen atoms in total. The van der Waals surface area contributed by atoms with E-state index in [2.05, 4.69) is 11.8 Å². The molecule has 2 saturated carbocycles. The minimum Gasteiger partial charge on any atom is -0.497 e. The lowest BCUT2D eigenvalue weighted by molar-refractivity contribution is -0.135. The molecule has 0 amide bonds. The van der Waals surface area contributed by atoms with Crippen molar-refractivity contribution in [1.29, 1.82) is 0 Å². The monoisotopic (exact) mass is 298 g/mol. The van der Waals surface area contributed by atoms with Crippen molar-refractivity contribution in [2.75, 3.05) is 7.11 Å². The third-order valence-corrected chi connectivity index (χ3v) is 5.02. The molecule has 0 heterocycles. The Kier molecular flexibility index (Phi) is 4.22. The lowest BCUT2D eigenvalue weighted by Crippen LogP contribution is -2.48. The van der Waals surface area contributed by atoms with Gasteiger partial charge in [0, 0.05) is 23.8 Å². The van der Waals surface area contributed by atoms with Gasteiger partial charge in [0.1, 0.15) is 17.1 Å². The molecule has 0 spiro atoms. The van der Waals surface area contributed by atoms with E-state index in [1.54, 1.807) is 7.11 Å². The molecule has 0 saturated heterocycles. The number of aliphatic hydroxyl groups is 1. The maximum atomic E-state index is 12.1. The Balaban J connectivity index is 1.86. The fourth-order valence-electron chi connectivity index (χ4n) is 3.85. The van der Waals surface area contributed by atoms with E-state index in [4.69, 9.17) is 4.74 Å². The normalized spacial score (nSPS) is 30.9. The van der Waals surface area contributed by atoms with Crippen LogP contribution in [0.4, 0.5) is 0 Å². The van der Waals surface area contributed by atoms with Gasteiger partial charge in [-0.2, -0.15) is 0 Å². The van der Waals surface area contributed by atoms with Crippen LogP contribution in [0, 0.1) is 23.7 Å². The Morgan fingerprint density at radius 1 is 1.32 bits per heavy atom. The van der Waals surface area contributed by atoms with Crippen molar-refractivity contribution in [2.24, 2.45) is 11.8 Å². The molecule has 3 heteroatoms. The molecule has 0 aromatic heterocycles. The zero-order valence-corrected chi connectivity index (χ0v) is 13.0. The Labute approximate surface area is 131 Å². The van der Waals surface area contributed by atoms with Crippen molar-refractivity contribution in [3.05, 3.63) is 29.8 Å². The van der Waals surface area contributed by atoms with Crippen LogP contribution in [0.5, 0.6) is 5.75 Å². The summed E-state index contributed by atoms with van der Waals surface area (Å²) in [5.74, 6) is 7.25. The standard InChI is InChI=1S/C19H22O3/c1-22-15-6-2-5-14(13-15)10-12-19(21)11-4-7-16-17(19)8-3-9-18(16)20/h2,5-6,13,16-17,21H,3-4,7-9,11H2,1H3/t16-,17-,19-/m1/s1. The van der Waals surface area contributed by atoms with Crippen LogP contribution >= 0.6 is 0 Å². The van der Waals surface area contributed by atoms with E-state index in [1.807, 2.05) is 24.3 Å². The summed E-state index contributed by atoms with van der Waals surface area (Å²) in [5.41, 5.74) is -0.195. The van der Waals surface area contributed by atoms with Crippen LogP contribution in [-0.2, 0) is 4.79 Å². The van der Waals surface area contributed by atoms with Crippen LogP contribution < -0.4 is 4.74 Å². The Bertz CT molecular complexity index is 625. The van der Waals surface area contributed by atoms with Gasteiger partial charge in [0.25, 0.3) is 0 Å². The molecule has 0 unspecified atom stereocenters. The second-order valence-electron chi connectivity index (χ2n) is 6.37. The Hall–Kier alpha value is -1.79. The zero-order valence-electron chi connectivity index (χ0n) is 13.0. The number of carbonyl (C=O) groups is 1. The SMILES string of the molecule is COc1cccc(C#C[C@]2(O)CCC[C@H]3C(=O)CCC[C@H]32)c1. The highest BCUT2D eigenvalue weighted by atomic mass is 16.5. The van der Waals surface area contributed by atoms with Crippen molar-refractivity contribution in [2.45, 2.75) is 44.1 Å². The molecule has 1 N–H and O–H groups in total. The number of ketones is 1. The fraction of sp³-hybridized carbons (Fsp3) is 0.526. The van der Waals surface area contributed by atoms with E-state index in [1.165, 1.54) is 0 Å². The van der Waals surface area contributed by atoms with Crippen LogP contribution in [-0.4, -0.2) is 23.6 Å². The van der Waals surface area contributed by atoms with Gasteiger partial charge in [-0.25, -0.2) is 0 Å². The lowest BCUT2D eigenvalue weighted by Gasteiger charge is -2.43. The molecule has 22 heavy (non-hydrogen) atoms. The summed E-state index contributed by atoms with van der Waals surface area (Å²) in [4.78, 5) is 12.1. The predicted octanol–water partition coefficient (Wildman–Crippen LogP) is 2.95. The highest BCUT2D eigenvalue weighted by molar-refractivity contribution is 5.82. The van der Waals surface area contributed by atoms with Gasteiger partial charge in [-0.05, 0) is 50.3 Å². The average molecular weight is 298 g/mol. The van der Waals surface area contributed by atoms with Crippen molar-refractivity contribution in [3.63, 3.8) is 0 Å². The highest BCUT2D eigenvalue weighted by Crippen LogP contribution is 2.44. The van der Waals surface area contributed by atoms with E-state index in [9.17, 15) is 9.90 Å². The number of methoxy groups -OCH3 is 1. The topological polar surface area (TPSA) is 46.5 Å². The molecule has 0 radical (unpaired) electrons. The number of fused-ring (bicyclic) bond motifs is 1. The van der Waals surface area contributed by atoms with E-state index in [-0.39, 0.29) is 11.8 Å². The number of hydrogen-bond acceptors (Lipinski definition) is 3. The Morgan fingerprint density at radius 3 is 3.00 bits per heavy atom. The van der Waals surface area contributed by atoms with Crippen molar-refractivity contribution in [3.8, 4) is 17.6 Å². The summed E-state index contributed by atoms with van der Waals surface area (Å²) in [5, 5.41) is 11.0. The van der Waals surface area contributed by atoms with Gasteiger partial charge in [0.05, 0.1) is 7.11 Å². The summed E-state index contributed by atoms with van der Waals surface area (Å²) in [6.07, 6.45) is 4.89. The summed E-state index contributed by atoms with van der Waals surface area (Å²) in [7, 11) is 1.62. The average Bonchev–Trinajstić information content (AvgIpc) is 2.55. The molecule has 0 bridgehead atoms. The molecule has 2 fully saturated rings. The molecule has 3 atom stereocenters. The predicted molar refractivity (Wildman–Crippen MR) is 84.5 cm³/mol. The first-order valence-corrected chi connectivity index (χ1v) is 8.05. The van der Waals surface area contributed by atoms with Gasteiger partial charge < -0.3 is 9.84 Å². The van der Waals surface area contributed by atoms with E-state index in [0.29, 0.717) is 18.6 Å². The summed E-state index contributed by atoms with van der Waals surface area (Å²) in [6, 6.07) is 7.53. The second-order valence-corrected chi connectivity index (χ2v) is 6.37. The van der Waals surface area contributed by atoms with E-state index < -0.39 is 5.60 Å². The quantitative estimate of drug-likeness (QED) is 0.811. The summed E-state index contributed by atoms with van der Waals surface area (Å²) >= 11 is 0. The number of hydrogen-bond donors (Lipinski definition) is 1. The maximum absolute atomic E-state index is 12.1.